The van der Waals surface area contributed by atoms with E-state index in [1.165, 1.54) is 0 Å². The molecule has 5 aromatic rings. The zero-order valence-corrected chi connectivity index (χ0v) is 19.3. The lowest BCUT2D eigenvalue weighted by atomic mass is 10.1. The van der Waals surface area contributed by atoms with Gasteiger partial charge >= 0.3 is 0 Å². The summed E-state index contributed by atoms with van der Waals surface area (Å²) in [6.45, 7) is 0. The van der Waals surface area contributed by atoms with Gasteiger partial charge in [-0.15, -0.1) is 0 Å². The number of amides is 1. The first kappa shape index (κ1) is 22.0. The molecule has 0 atom stereocenters. The summed E-state index contributed by atoms with van der Waals surface area (Å²) in [7, 11) is 3.16. The highest BCUT2D eigenvalue weighted by Crippen LogP contribution is 2.33. The van der Waals surface area contributed by atoms with Gasteiger partial charge in [0.25, 0.3) is 5.91 Å². The average Bonchev–Trinajstić information content (AvgIpc) is 3.60. The van der Waals surface area contributed by atoms with E-state index in [0.29, 0.717) is 28.4 Å². The molecule has 3 aromatic carbocycles. The third-order valence-corrected chi connectivity index (χ3v) is 5.51. The summed E-state index contributed by atoms with van der Waals surface area (Å²) in [5.74, 6) is 0.868. The van der Waals surface area contributed by atoms with E-state index in [0.717, 1.165) is 16.9 Å². The van der Waals surface area contributed by atoms with Crippen molar-refractivity contribution >= 4 is 11.6 Å². The molecule has 2 aromatic heterocycles. The maximum atomic E-state index is 13.5. The number of nitrogens with zero attached hydrogens (tertiary/aromatic N) is 4. The summed E-state index contributed by atoms with van der Waals surface area (Å²) < 4.78 is 14.3. The van der Waals surface area contributed by atoms with Gasteiger partial charge in [0, 0.05) is 29.8 Å². The van der Waals surface area contributed by atoms with E-state index in [1.807, 2.05) is 79.0 Å². The van der Waals surface area contributed by atoms with Crippen molar-refractivity contribution in [2.75, 3.05) is 19.5 Å². The number of carbonyl (C=O) groups is 1. The van der Waals surface area contributed by atoms with Crippen LogP contribution >= 0.6 is 0 Å². The summed E-state index contributed by atoms with van der Waals surface area (Å²) >= 11 is 0. The first-order chi connectivity index (χ1) is 17.2. The third-order valence-electron chi connectivity index (χ3n) is 5.51. The van der Waals surface area contributed by atoms with Crippen LogP contribution in [0.3, 0.4) is 0 Å². The molecule has 1 amide bonds. The van der Waals surface area contributed by atoms with Crippen molar-refractivity contribution in [1.82, 2.24) is 19.6 Å². The zero-order chi connectivity index (χ0) is 24.2. The molecule has 0 bridgehead atoms. The third kappa shape index (κ3) is 4.49. The van der Waals surface area contributed by atoms with Gasteiger partial charge in [-0.3, -0.25) is 4.79 Å². The number of rotatable bonds is 7. The molecule has 0 aliphatic carbocycles. The minimum atomic E-state index is -0.283. The second-order valence-electron chi connectivity index (χ2n) is 7.70. The van der Waals surface area contributed by atoms with Gasteiger partial charge in [0.05, 0.1) is 31.2 Å². The van der Waals surface area contributed by atoms with Crippen LogP contribution in [0, 0.1) is 0 Å². The van der Waals surface area contributed by atoms with Crippen LogP contribution in [0.2, 0.25) is 0 Å². The van der Waals surface area contributed by atoms with Gasteiger partial charge < -0.3 is 14.8 Å². The predicted molar refractivity (Wildman–Crippen MR) is 134 cm³/mol. The molecule has 0 aliphatic heterocycles. The summed E-state index contributed by atoms with van der Waals surface area (Å²) in [4.78, 5) is 13.5. The Morgan fingerprint density at radius 3 is 2.37 bits per heavy atom. The molecular formula is C27H23N5O3. The van der Waals surface area contributed by atoms with Crippen LogP contribution in [0.15, 0.2) is 97.5 Å². The molecule has 35 heavy (non-hydrogen) atoms. The number of benzene rings is 3. The molecule has 0 saturated heterocycles. The summed E-state index contributed by atoms with van der Waals surface area (Å²) in [5, 5.41) is 12.0. The minimum Gasteiger partial charge on any atom is -0.493 e. The van der Waals surface area contributed by atoms with Crippen LogP contribution in [-0.2, 0) is 0 Å². The molecule has 8 heteroatoms. The number of hydrogen-bond donors (Lipinski definition) is 1. The van der Waals surface area contributed by atoms with Gasteiger partial charge in [0.15, 0.2) is 11.5 Å². The highest BCUT2D eigenvalue weighted by molar-refractivity contribution is 6.08. The van der Waals surface area contributed by atoms with Gasteiger partial charge in [0.1, 0.15) is 5.69 Å². The van der Waals surface area contributed by atoms with E-state index in [9.17, 15) is 4.79 Å². The lowest BCUT2D eigenvalue weighted by Gasteiger charge is -2.10. The normalized spacial score (nSPS) is 10.7. The number of ether oxygens (including phenoxy) is 2. The van der Waals surface area contributed by atoms with Crippen LogP contribution in [0.4, 0.5) is 5.69 Å². The SMILES string of the molecule is COc1ccc(-c2nn(-c3ccccc3)cc2C(=O)Nc2cccc(-n3cccn3)c2)cc1OC. The average molecular weight is 466 g/mol. The topological polar surface area (TPSA) is 83.2 Å². The quantitative estimate of drug-likeness (QED) is 0.366. The molecular weight excluding hydrogens is 442 g/mol. The number of carbonyl (C=O) groups excluding carboxylic acids is 1. The fraction of sp³-hybridized carbons (Fsp3) is 0.0741. The lowest BCUT2D eigenvalue weighted by Crippen LogP contribution is -2.12. The number of hydrogen-bond acceptors (Lipinski definition) is 5. The van der Waals surface area contributed by atoms with Crippen LogP contribution in [0.1, 0.15) is 10.4 Å². The van der Waals surface area contributed by atoms with Crippen LogP contribution in [0.25, 0.3) is 22.6 Å². The van der Waals surface area contributed by atoms with Gasteiger partial charge in [0.2, 0.25) is 0 Å². The molecule has 174 valence electrons. The smallest absolute Gasteiger partial charge is 0.259 e. The van der Waals surface area contributed by atoms with E-state index in [2.05, 4.69) is 10.4 Å². The Bertz CT molecular complexity index is 1460. The summed E-state index contributed by atoms with van der Waals surface area (Å²) in [6.07, 6.45) is 5.28. The number of aromatic nitrogens is 4. The Morgan fingerprint density at radius 1 is 0.829 bits per heavy atom. The Labute approximate surface area is 202 Å². The van der Waals surface area contributed by atoms with E-state index in [4.69, 9.17) is 14.6 Å². The number of anilines is 1. The predicted octanol–water partition coefficient (Wildman–Crippen LogP) is 4.99. The maximum Gasteiger partial charge on any atom is 0.259 e. The van der Waals surface area contributed by atoms with Crippen LogP contribution in [-0.4, -0.2) is 39.7 Å². The Morgan fingerprint density at radius 2 is 1.63 bits per heavy atom. The summed E-state index contributed by atoms with van der Waals surface area (Å²) in [6, 6.07) is 24.4. The zero-order valence-electron chi connectivity index (χ0n) is 19.3. The summed E-state index contributed by atoms with van der Waals surface area (Å²) in [5.41, 5.74) is 4.00. The molecule has 2 heterocycles. The molecule has 0 spiro atoms. The Hall–Kier alpha value is -4.85. The van der Waals surface area contributed by atoms with Crippen molar-refractivity contribution in [3.8, 4) is 34.1 Å². The van der Waals surface area contributed by atoms with Crippen molar-refractivity contribution in [3.05, 3.63) is 103 Å². The van der Waals surface area contributed by atoms with Crippen molar-refractivity contribution in [1.29, 1.82) is 0 Å². The number of nitrogens with one attached hydrogen (secondary N) is 1. The lowest BCUT2D eigenvalue weighted by molar-refractivity contribution is 0.102. The van der Waals surface area contributed by atoms with E-state index in [-0.39, 0.29) is 5.91 Å². The molecule has 0 saturated carbocycles. The maximum absolute atomic E-state index is 13.5. The molecule has 0 fully saturated rings. The van der Waals surface area contributed by atoms with Crippen LogP contribution < -0.4 is 14.8 Å². The van der Waals surface area contributed by atoms with Crippen molar-refractivity contribution in [3.63, 3.8) is 0 Å². The minimum absolute atomic E-state index is 0.283. The van der Waals surface area contributed by atoms with Gasteiger partial charge in [-0.05, 0) is 54.6 Å². The fourth-order valence-electron chi connectivity index (χ4n) is 3.80. The molecule has 0 unspecified atom stereocenters. The van der Waals surface area contributed by atoms with E-state index >= 15 is 0 Å². The van der Waals surface area contributed by atoms with Crippen molar-refractivity contribution in [2.24, 2.45) is 0 Å². The van der Waals surface area contributed by atoms with Gasteiger partial charge in [-0.1, -0.05) is 24.3 Å². The second kappa shape index (κ2) is 9.56. The first-order valence-corrected chi connectivity index (χ1v) is 10.9. The standard InChI is InChI=1S/C27H23N5O3/c1-34-24-13-12-19(16-25(24)35-2)26-23(18-32(30-26)21-9-4-3-5-10-21)27(33)29-20-8-6-11-22(17-20)31-15-7-14-28-31/h3-18H,1-2H3,(H,29,33). The molecule has 5 rings (SSSR count). The van der Waals surface area contributed by atoms with Gasteiger partial charge in [-0.2, -0.15) is 10.2 Å². The monoisotopic (exact) mass is 465 g/mol. The Kier molecular flexibility index (Phi) is 6.00. The van der Waals surface area contributed by atoms with Crippen LogP contribution in [0.5, 0.6) is 11.5 Å². The molecule has 1 N–H and O–H groups in total. The van der Waals surface area contributed by atoms with Crippen molar-refractivity contribution < 1.29 is 14.3 Å². The number of methoxy groups -OCH3 is 2. The molecule has 0 aliphatic rings. The highest BCUT2D eigenvalue weighted by Gasteiger charge is 2.20. The van der Waals surface area contributed by atoms with Crippen molar-refractivity contribution in [2.45, 2.75) is 0 Å². The highest BCUT2D eigenvalue weighted by atomic mass is 16.5. The largest absolute Gasteiger partial charge is 0.493 e. The first-order valence-electron chi connectivity index (χ1n) is 10.9. The Balaban J connectivity index is 1.54. The van der Waals surface area contributed by atoms with E-state index < -0.39 is 0 Å². The molecule has 8 nitrogen and oxygen atoms in total. The van der Waals surface area contributed by atoms with Gasteiger partial charge in [-0.25, -0.2) is 9.36 Å². The fourth-order valence-corrected chi connectivity index (χ4v) is 3.80. The second-order valence-corrected chi connectivity index (χ2v) is 7.70. The van der Waals surface area contributed by atoms with E-state index in [1.54, 1.807) is 42.0 Å². The number of para-hydroxylation sites is 1. The molecule has 0 radical (unpaired) electrons.